The van der Waals surface area contributed by atoms with E-state index in [0.29, 0.717) is 43.4 Å². The van der Waals surface area contributed by atoms with Crippen LogP contribution in [-0.2, 0) is 39.8 Å². The maximum atomic E-state index is 14.6. The molecule has 7 aliphatic rings. The van der Waals surface area contributed by atoms with Crippen LogP contribution < -0.4 is 0 Å². The molecule has 8 rings (SSSR count). The largest absolute Gasteiger partial charge is 0.469 e. The minimum absolute atomic E-state index is 0.0273. The van der Waals surface area contributed by atoms with Gasteiger partial charge < -0.3 is 38.7 Å². The highest BCUT2D eigenvalue weighted by atomic mass is 16.7. The van der Waals surface area contributed by atoms with Gasteiger partial charge in [-0.15, -0.1) is 0 Å². The van der Waals surface area contributed by atoms with Crippen LogP contribution in [0.5, 0.6) is 0 Å². The van der Waals surface area contributed by atoms with Crippen molar-refractivity contribution in [3.8, 4) is 0 Å². The fourth-order valence-electron chi connectivity index (χ4n) is 12.5. The molecule has 5 heterocycles. The summed E-state index contributed by atoms with van der Waals surface area (Å²) < 4.78 is 31.5. The molecule has 3 saturated carbocycles. The number of hydrogen-bond donors (Lipinski definition) is 3. The summed E-state index contributed by atoms with van der Waals surface area (Å²) in [5, 5.41) is 32.7. The zero-order chi connectivity index (χ0) is 32.8. The zero-order valence-corrected chi connectivity index (χ0v) is 27.2. The van der Waals surface area contributed by atoms with Crippen LogP contribution in [0.25, 0.3) is 0 Å². The van der Waals surface area contributed by atoms with E-state index >= 15 is 0 Å². The van der Waals surface area contributed by atoms with Gasteiger partial charge in [-0.3, -0.25) is 9.59 Å². The van der Waals surface area contributed by atoms with E-state index < -0.39 is 75.8 Å². The first-order valence-electron chi connectivity index (χ1n) is 17.0. The number of rotatable bonds is 7. The van der Waals surface area contributed by atoms with Gasteiger partial charge in [0, 0.05) is 28.2 Å². The number of Topliss-reactive ketones (excluding diaryl/α,β-unsaturated/α-hetero) is 1. The average molecular weight is 643 g/mol. The summed E-state index contributed by atoms with van der Waals surface area (Å²) in [5.41, 5.74) is -4.46. The molecule has 1 aromatic heterocycles. The van der Waals surface area contributed by atoms with Gasteiger partial charge in [0.05, 0.1) is 42.5 Å². The maximum Gasteiger partial charge on any atom is 0.339 e. The minimum atomic E-state index is -1.44. The lowest BCUT2D eigenvalue weighted by atomic mass is 9.34. The molecule has 11 nitrogen and oxygen atoms in total. The Balaban J connectivity index is 1.29. The molecule has 7 fully saturated rings. The third-order valence-corrected chi connectivity index (χ3v) is 13.9. The summed E-state index contributed by atoms with van der Waals surface area (Å²) in [6.07, 6.45) is 0.410. The standard InChI is InChI=1S/C35H46O11/c1-6-7-16(20(37)14-36)12-21-18(10-11-42-21)26-32(4)13-17-8-9-19-27-34(15-43-29(19)40)23(17)33(5,35(32)28(46-35)30(41)44-26)25(39)22(38)24(34)31(2,3)45-27/h10-11,16-17,19-20,23-28,36-37,39H,6-9,12-15H2,1-5H3/t16-,17?,19-,20-,23+,24-,25-,26-,27-,28-,32-,33+,34+,35+/m1/s1. The molecular formula is C35H46O11. The molecule has 11 heteroatoms. The van der Waals surface area contributed by atoms with Crippen LogP contribution in [0.1, 0.15) is 84.2 Å². The maximum absolute atomic E-state index is 14.6. The van der Waals surface area contributed by atoms with Crippen LogP contribution in [0.15, 0.2) is 16.7 Å². The molecular weight excluding hydrogens is 596 g/mol. The third-order valence-electron chi connectivity index (χ3n) is 13.9. The number of furan rings is 1. The molecule has 0 aromatic carbocycles. The minimum Gasteiger partial charge on any atom is -0.469 e. The van der Waals surface area contributed by atoms with Crippen molar-refractivity contribution in [3.63, 3.8) is 0 Å². The number of carbonyl (C=O) groups excluding carboxylic acids is 3. The number of epoxide rings is 1. The second kappa shape index (κ2) is 9.65. The van der Waals surface area contributed by atoms with Gasteiger partial charge in [0.2, 0.25) is 0 Å². The molecule has 4 saturated heterocycles. The van der Waals surface area contributed by atoms with Gasteiger partial charge in [-0.2, -0.15) is 0 Å². The fraction of sp³-hybridized carbons (Fsp3) is 0.800. The van der Waals surface area contributed by atoms with Crippen molar-refractivity contribution in [3.05, 3.63) is 23.7 Å². The predicted molar refractivity (Wildman–Crippen MR) is 158 cm³/mol. The van der Waals surface area contributed by atoms with Crippen LogP contribution in [0.4, 0.5) is 0 Å². The van der Waals surface area contributed by atoms with E-state index in [-0.39, 0.29) is 42.7 Å². The summed E-state index contributed by atoms with van der Waals surface area (Å²) in [6, 6.07) is 1.80. The van der Waals surface area contributed by atoms with Crippen LogP contribution in [-0.4, -0.2) is 81.9 Å². The van der Waals surface area contributed by atoms with E-state index in [9.17, 15) is 29.7 Å². The number of aliphatic hydroxyl groups excluding tert-OH is 3. The normalized spacial score (nSPS) is 49.1. The number of hydrogen-bond acceptors (Lipinski definition) is 11. The quantitative estimate of drug-likeness (QED) is 0.296. The molecule has 0 radical (unpaired) electrons. The highest BCUT2D eigenvalue weighted by Gasteiger charge is 2.92. The lowest BCUT2D eigenvalue weighted by Gasteiger charge is -2.68. The Bertz CT molecular complexity index is 1480. The first-order chi connectivity index (χ1) is 21.7. The first kappa shape index (κ1) is 31.0. The molecule has 46 heavy (non-hydrogen) atoms. The van der Waals surface area contributed by atoms with Crippen molar-refractivity contribution in [2.75, 3.05) is 13.2 Å². The Morgan fingerprint density at radius 3 is 2.52 bits per heavy atom. The van der Waals surface area contributed by atoms with Crippen molar-refractivity contribution in [1.29, 1.82) is 0 Å². The molecule has 3 N–H and O–H groups in total. The monoisotopic (exact) mass is 642 g/mol. The average Bonchev–Trinajstić information content (AvgIpc) is 3.59. The molecule has 2 bridgehead atoms. The second-order valence-electron chi connectivity index (χ2n) is 16.3. The van der Waals surface area contributed by atoms with E-state index in [1.807, 2.05) is 34.6 Å². The third kappa shape index (κ3) is 3.39. The van der Waals surface area contributed by atoms with Crippen LogP contribution in [0.3, 0.4) is 0 Å². The number of ketones is 1. The van der Waals surface area contributed by atoms with Gasteiger partial charge in [-0.25, -0.2) is 4.79 Å². The van der Waals surface area contributed by atoms with Gasteiger partial charge >= 0.3 is 11.9 Å². The molecule has 4 aliphatic heterocycles. The Labute approximate surface area is 268 Å². The molecule has 3 aliphatic carbocycles. The lowest BCUT2D eigenvalue weighted by Crippen LogP contribution is -2.77. The van der Waals surface area contributed by atoms with Gasteiger partial charge in [-0.1, -0.05) is 27.2 Å². The lowest BCUT2D eigenvalue weighted by molar-refractivity contribution is -0.266. The van der Waals surface area contributed by atoms with E-state index in [0.717, 1.165) is 6.42 Å². The molecule has 0 amide bonds. The fourth-order valence-corrected chi connectivity index (χ4v) is 12.5. The van der Waals surface area contributed by atoms with Crippen molar-refractivity contribution in [2.45, 2.75) is 115 Å². The van der Waals surface area contributed by atoms with E-state index in [1.165, 1.54) is 0 Å². The van der Waals surface area contributed by atoms with E-state index in [1.54, 1.807) is 12.3 Å². The molecule has 1 unspecified atom stereocenters. The Hall–Kier alpha value is -2.31. The van der Waals surface area contributed by atoms with Crippen molar-refractivity contribution in [2.24, 2.45) is 45.8 Å². The number of cyclic esters (lactones) is 2. The zero-order valence-electron chi connectivity index (χ0n) is 27.2. The van der Waals surface area contributed by atoms with Gasteiger partial charge in [-0.05, 0) is 63.4 Å². The van der Waals surface area contributed by atoms with Crippen LogP contribution in [0.2, 0.25) is 0 Å². The Morgan fingerprint density at radius 1 is 1.04 bits per heavy atom. The summed E-state index contributed by atoms with van der Waals surface area (Å²) in [7, 11) is 0. The van der Waals surface area contributed by atoms with Crippen molar-refractivity contribution >= 4 is 17.7 Å². The van der Waals surface area contributed by atoms with Gasteiger partial charge in [0.15, 0.2) is 11.9 Å². The molecule has 1 aromatic rings. The molecule has 252 valence electrons. The SMILES string of the molecule is CCC[C@H](Cc1occc1[C@H]1OC(=O)[C@H]2O[C@@]23[C@]2(C)[C@H](O)C(=O)[C@@H]4C(C)(C)O[C@@H]5[C@H]6CCC(C[C@]13C)[C@@H]2[C@]54COC6=O)[C@H](O)CO. The number of carbonyl (C=O) groups is 3. The summed E-state index contributed by atoms with van der Waals surface area (Å²) in [6.45, 7) is 9.37. The van der Waals surface area contributed by atoms with Crippen LogP contribution in [0, 0.1) is 45.8 Å². The van der Waals surface area contributed by atoms with Crippen molar-refractivity contribution in [1.82, 2.24) is 0 Å². The van der Waals surface area contributed by atoms with E-state index in [4.69, 9.17) is 23.4 Å². The topological polar surface area (TPSA) is 165 Å². The number of aliphatic hydroxyl groups is 3. The molecule has 14 atom stereocenters. The van der Waals surface area contributed by atoms with Gasteiger partial charge in [0.25, 0.3) is 0 Å². The first-order valence-corrected chi connectivity index (χ1v) is 17.0. The predicted octanol–water partition coefficient (Wildman–Crippen LogP) is 2.67. The van der Waals surface area contributed by atoms with Crippen molar-refractivity contribution < 1.29 is 53.1 Å². The summed E-state index contributed by atoms with van der Waals surface area (Å²) in [5.74, 6) is -2.51. The second-order valence-corrected chi connectivity index (χ2v) is 16.3. The Morgan fingerprint density at radius 2 is 1.80 bits per heavy atom. The summed E-state index contributed by atoms with van der Waals surface area (Å²) >= 11 is 0. The molecule has 2 spiro atoms. The number of ether oxygens (including phenoxy) is 4. The summed E-state index contributed by atoms with van der Waals surface area (Å²) in [4.78, 5) is 41.7. The number of esters is 2. The highest BCUT2D eigenvalue weighted by Crippen LogP contribution is 2.82. The van der Waals surface area contributed by atoms with Crippen LogP contribution >= 0.6 is 0 Å². The smallest absolute Gasteiger partial charge is 0.339 e. The van der Waals surface area contributed by atoms with E-state index in [2.05, 4.69) is 0 Å². The Kier molecular flexibility index (Phi) is 6.50. The highest BCUT2D eigenvalue weighted by molar-refractivity contribution is 5.92. The van der Waals surface area contributed by atoms with Gasteiger partial charge in [0.1, 0.15) is 30.2 Å².